The molecule has 0 aromatic carbocycles. The average Bonchev–Trinajstić information content (AvgIpc) is 2.37. The summed E-state index contributed by atoms with van der Waals surface area (Å²) in [7, 11) is 1.70. The molecule has 3 heteroatoms. The molecule has 1 N–H and O–H groups in total. The van der Waals surface area contributed by atoms with Crippen LogP contribution < -0.4 is 0 Å². The highest BCUT2D eigenvalue weighted by Gasteiger charge is 2.42. The van der Waals surface area contributed by atoms with Crippen LogP contribution in [0.3, 0.4) is 0 Å². The summed E-state index contributed by atoms with van der Waals surface area (Å²) in [5.74, 6) is 0.122. The van der Waals surface area contributed by atoms with E-state index in [9.17, 15) is 9.90 Å². The number of aliphatic carboxylic acids is 1. The van der Waals surface area contributed by atoms with Gasteiger partial charge in [-0.25, -0.2) is 0 Å². The molecule has 0 amide bonds. The summed E-state index contributed by atoms with van der Waals surface area (Å²) in [5.41, 5.74) is -0.717. The van der Waals surface area contributed by atoms with Crippen molar-refractivity contribution in [3.8, 4) is 0 Å². The van der Waals surface area contributed by atoms with Gasteiger partial charge in [0.2, 0.25) is 0 Å². The second-order valence-electron chi connectivity index (χ2n) is 6.40. The largest absolute Gasteiger partial charge is 0.481 e. The smallest absolute Gasteiger partial charge is 0.309 e. The molecule has 106 valence electrons. The number of carboxylic acid groups (broad SMARTS) is 1. The number of carboxylic acids is 1. The SMILES string of the molecule is CCC1CCC(CCC(C)(C)OC)(C(=O)O)CC1. The van der Waals surface area contributed by atoms with Crippen LogP contribution in [-0.4, -0.2) is 23.8 Å². The van der Waals surface area contributed by atoms with Gasteiger partial charge in [-0.15, -0.1) is 0 Å². The maximum Gasteiger partial charge on any atom is 0.309 e. The fraction of sp³-hybridized carbons (Fsp3) is 0.933. The fourth-order valence-corrected chi connectivity index (χ4v) is 2.85. The minimum absolute atomic E-state index is 0.218. The summed E-state index contributed by atoms with van der Waals surface area (Å²) in [5, 5.41) is 9.58. The molecule has 1 fully saturated rings. The van der Waals surface area contributed by atoms with Crippen molar-refractivity contribution in [3.63, 3.8) is 0 Å². The van der Waals surface area contributed by atoms with E-state index in [1.807, 2.05) is 13.8 Å². The van der Waals surface area contributed by atoms with E-state index in [0.29, 0.717) is 0 Å². The molecule has 0 bridgehead atoms. The Balaban J connectivity index is 2.63. The Kier molecular flexibility index (Phi) is 5.20. The molecule has 0 heterocycles. The fourth-order valence-electron chi connectivity index (χ4n) is 2.85. The lowest BCUT2D eigenvalue weighted by Crippen LogP contribution is -2.37. The van der Waals surface area contributed by atoms with Crippen molar-refractivity contribution in [2.75, 3.05) is 7.11 Å². The highest BCUT2D eigenvalue weighted by Crippen LogP contribution is 2.44. The predicted molar refractivity (Wildman–Crippen MR) is 72.6 cm³/mol. The van der Waals surface area contributed by atoms with Gasteiger partial charge in [-0.2, -0.15) is 0 Å². The Morgan fingerprint density at radius 2 is 1.94 bits per heavy atom. The normalized spacial score (nSPS) is 29.2. The van der Waals surface area contributed by atoms with Gasteiger partial charge >= 0.3 is 5.97 Å². The summed E-state index contributed by atoms with van der Waals surface area (Å²) in [6.07, 6.45) is 6.53. The van der Waals surface area contributed by atoms with E-state index in [0.717, 1.165) is 44.4 Å². The van der Waals surface area contributed by atoms with Gasteiger partial charge in [0.25, 0.3) is 0 Å². The first-order chi connectivity index (χ1) is 8.35. The van der Waals surface area contributed by atoms with Crippen molar-refractivity contribution in [1.29, 1.82) is 0 Å². The molecule has 0 spiro atoms. The van der Waals surface area contributed by atoms with Gasteiger partial charge in [0.1, 0.15) is 0 Å². The molecule has 1 aliphatic carbocycles. The lowest BCUT2D eigenvalue weighted by Gasteiger charge is -2.38. The van der Waals surface area contributed by atoms with Gasteiger partial charge in [0, 0.05) is 7.11 Å². The van der Waals surface area contributed by atoms with E-state index in [4.69, 9.17) is 4.74 Å². The molecule has 0 atom stereocenters. The molecule has 0 radical (unpaired) electrons. The molecular formula is C15H28O3. The highest BCUT2D eigenvalue weighted by molar-refractivity contribution is 5.74. The highest BCUT2D eigenvalue weighted by atomic mass is 16.5. The standard InChI is InChI=1S/C15H28O3/c1-5-12-6-8-15(9-7-12,13(16)17)11-10-14(2,3)18-4/h12H,5-11H2,1-4H3,(H,16,17). The third-order valence-electron chi connectivity index (χ3n) is 4.85. The number of ether oxygens (including phenoxy) is 1. The molecular weight excluding hydrogens is 228 g/mol. The molecule has 1 rings (SSSR count). The van der Waals surface area contributed by atoms with Crippen LogP contribution in [0.1, 0.15) is 65.7 Å². The Labute approximate surface area is 111 Å². The third kappa shape index (κ3) is 3.71. The summed E-state index contributed by atoms with van der Waals surface area (Å²) < 4.78 is 5.40. The Morgan fingerprint density at radius 3 is 2.33 bits per heavy atom. The first-order valence-electron chi connectivity index (χ1n) is 7.14. The number of rotatable bonds is 6. The molecule has 0 aromatic heterocycles. The van der Waals surface area contributed by atoms with E-state index in [2.05, 4.69) is 6.92 Å². The monoisotopic (exact) mass is 256 g/mol. The van der Waals surface area contributed by atoms with Crippen LogP contribution in [0.4, 0.5) is 0 Å². The lowest BCUT2D eigenvalue weighted by atomic mass is 9.67. The second kappa shape index (κ2) is 6.05. The van der Waals surface area contributed by atoms with E-state index < -0.39 is 11.4 Å². The van der Waals surface area contributed by atoms with E-state index >= 15 is 0 Å². The topological polar surface area (TPSA) is 46.5 Å². The van der Waals surface area contributed by atoms with E-state index in [1.165, 1.54) is 6.42 Å². The molecule has 0 aliphatic heterocycles. The maximum absolute atomic E-state index is 11.6. The van der Waals surface area contributed by atoms with Gasteiger partial charge in [-0.05, 0) is 58.3 Å². The minimum atomic E-state index is -0.607. The molecule has 3 nitrogen and oxygen atoms in total. The van der Waals surface area contributed by atoms with Crippen LogP contribution in [0, 0.1) is 11.3 Å². The van der Waals surface area contributed by atoms with Crippen LogP contribution in [0.25, 0.3) is 0 Å². The molecule has 0 unspecified atom stereocenters. The summed E-state index contributed by atoms with van der Waals surface area (Å²) in [6.45, 7) is 6.26. The van der Waals surface area contributed by atoms with Gasteiger partial charge < -0.3 is 9.84 Å². The number of carbonyl (C=O) groups is 1. The van der Waals surface area contributed by atoms with Crippen molar-refractivity contribution in [1.82, 2.24) is 0 Å². The van der Waals surface area contributed by atoms with Gasteiger partial charge in [0.15, 0.2) is 0 Å². The number of methoxy groups -OCH3 is 1. The van der Waals surface area contributed by atoms with Gasteiger partial charge in [-0.1, -0.05) is 13.3 Å². The van der Waals surface area contributed by atoms with Crippen LogP contribution in [0.15, 0.2) is 0 Å². The van der Waals surface area contributed by atoms with Crippen LogP contribution in [-0.2, 0) is 9.53 Å². The quantitative estimate of drug-likeness (QED) is 0.785. The first kappa shape index (κ1) is 15.5. The average molecular weight is 256 g/mol. The molecule has 0 saturated heterocycles. The van der Waals surface area contributed by atoms with Crippen LogP contribution >= 0.6 is 0 Å². The van der Waals surface area contributed by atoms with Crippen molar-refractivity contribution in [3.05, 3.63) is 0 Å². The Bertz CT molecular complexity index is 275. The summed E-state index contributed by atoms with van der Waals surface area (Å²) in [4.78, 5) is 11.6. The first-order valence-corrected chi connectivity index (χ1v) is 7.14. The van der Waals surface area contributed by atoms with Gasteiger partial charge in [0.05, 0.1) is 11.0 Å². The van der Waals surface area contributed by atoms with Crippen molar-refractivity contribution in [2.45, 2.75) is 71.3 Å². The maximum atomic E-state index is 11.6. The lowest BCUT2D eigenvalue weighted by molar-refractivity contribution is -0.153. The minimum Gasteiger partial charge on any atom is -0.481 e. The Hall–Kier alpha value is -0.570. The number of hydrogen-bond donors (Lipinski definition) is 1. The Morgan fingerprint density at radius 1 is 1.39 bits per heavy atom. The predicted octanol–water partition coefficient (Wildman–Crippen LogP) is 3.86. The van der Waals surface area contributed by atoms with Gasteiger partial charge in [-0.3, -0.25) is 4.79 Å². The van der Waals surface area contributed by atoms with E-state index in [-0.39, 0.29) is 5.60 Å². The number of hydrogen-bond acceptors (Lipinski definition) is 2. The molecule has 18 heavy (non-hydrogen) atoms. The second-order valence-corrected chi connectivity index (χ2v) is 6.40. The molecule has 0 aromatic rings. The van der Waals surface area contributed by atoms with Crippen molar-refractivity contribution >= 4 is 5.97 Å². The zero-order valence-corrected chi connectivity index (χ0v) is 12.3. The zero-order chi connectivity index (χ0) is 13.8. The summed E-state index contributed by atoms with van der Waals surface area (Å²) >= 11 is 0. The third-order valence-corrected chi connectivity index (χ3v) is 4.85. The zero-order valence-electron chi connectivity index (χ0n) is 12.3. The summed E-state index contributed by atoms with van der Waals surface area (Å²) in [6, 6.07) is 0. The van der Waals surface area contributed by atoms with E-state index in [1.54, 1.807) is 7.11 Å². The van der Waals surface area contributed by atoms with Crippen molar-refractivity contribution < 1.29 is 14.6 Å². The molecule has 1 saturated carbocycles. The van der Waals surface area contributed by atoms with Crippen LogP contribution in [0.5, 0.6) is 0 Å². The van der Waals surface area contributed by atoms with Crippen LogP contribution in [0.2, 0.25) is 0 Å². The van der Waals surface area contributed by atoms with Crippen molar-refractivity contribution in [2.24, 2.45) is 11.3 Å². The molecule has 1 aliphatic rings.